The van der Waals surface area contributed by atoms with E-state index in [9.17, 15) is 35.9 Å². The number of hydrogen-bond acceptors (Lipinski definition) is 4. The van der Waals surface area contributed by atoms with Crippen molar-refractivity contribution in [1.82, 2.24) is 14.5 Å². The first-order chi connectivity index (χ1) is 22.3. The molecule has 0 aliphatic rings. The van der Waals surface area contributed by atoms with Gasteiger partial charge in [0.25, 0.3) is 5.56 Å². The number of carbonyl (C=O) groups excluding carboxylic acids is 1. The third-order valence-electron chi connectivity index (χ3n) is 7.48. The van der Waals surface area contributed by atoms with E-state index in [0.717, 1.165) is 0 Å². The van der Waals surface area contributed by atoms with Crippen LogP contribution < -0.4 is 15.6 Å². The number of anilines is 1. The fourth-order valence-electron chi connectivity index (χ4n) is 5.29. The van der Waals surface area contributed by atoms with Crippen molar-refractivity contribution in [2.24, 2.45) is 0 Å². The summed E-state index contributed by atoms with van der Waals surface area (Å²) < 4.78 is 88.5. The van der Waals surface area contributed by atoms with Crippen molar-refractivity contribution in [3.05, 3.63) is 130 Å². The summed E-state index contributed by atoms with van der Waals surface area (Å²) in [6.45, 7) is 1.58. The number of benzene rings is 4. The zero-order valence-electron chi connectivity index (χ0n) is 25.1. The lowest BCUT2D eigenvalue weighted by atomic mass is 10.1. The Morgan fingerprint density at radius 3 is 2.09 bits per heavy atom. The number of hydrogen-bond donors (Lipinski definition) is 1. The second kappa shape index (κ2) is 13.2. The smallest absolute Gasteiger partial charge is 0.416 e. The van der Waals surface area contributed by atoms with Crippen LogP contribution in [0.4, 0.5) is 36.8 Å². The summed E-state index contributed by atoms with van der Waals surface area (Å²) in [5, 5.41) is 2.53. The van der Waals surface area contributed by atoms with Gasteiger partial charge < -0.3 is 15.0 Å². The highest BCUT2D eigenvalue weighted by molar-refractivity contribution is 5.90. The molecule has 1 atom stereocenters. The molecule has 0 aliphatic carbocycles. The van der Waals surface area contributed by atoms with E-state index in [1.165, 1.54) is 16.6 Å². The highest BCUT2D eigenvalue weighted by atomic mass is 19.4. The number of para-hydroxylation sites is 3. The van der Waals surface area contributed by atoms with Crippen molar-refractivity contribution in [1.29, 1.82) is 0 Å². The molecule has 2 amide bonds. The topological polar surface area (TPSA) is 76.5 Å². The van der Waals surface area contributed by atoms with E-state index >= 15 is 0 Å². The van der Waals surface area contributed by atoms with Crippen molar-refractivity contribution >= 4 is 22.6 Å². The lowest BCUT2D eigenvalue weighted by molar-refractivity contribution is -0.143. The normalized spacial score (nSPS) is 12.5. The Hall–Kier alpha value is -5.33. The Morgan fingerprint density at radius 2 is 1.47 bits per heavy atom. The Balaban J connectivity index is 1.70. The van der Waals surface area contributed by atoms with E-state index in [1.807, 2.05) is 0 Å². The maximum atomic E-state index is 14.1. The fraction of sp³-hybridized carbons (Fsp3) is 0.206. The van der Waals surface area contributed by atoms with Gasteiger partial charge in [0.1, 0.15) is 11.6 Å². The molecule has 0 radical (unpaired) electrons. The van der Waals surface area contributed by atoms with Gasteiger partial charge >= 0.3 is 18.4 Å². The number of nitrogens with zero attached hydrogens (tertiary/aromatic N) is 3. The lowest BCUT2D eigenvalue weighted by Crippen LogP contribution is -2.40. The molecule has 0 saturated heterocycles. The van der Waals surface area contributed by atoms with Crippen LogP contribution in [0.1, 0.15) is 41.9 Å². The van der Waals surface area contributed by atoms with Crippen molar-refractivity contribution in [3.63, 3.8) is 0 Å². The highest BCUT2D eigenvalue weighted by Gasteiger charge is 2.38. The third kappa shape index (κ3) is 7.08. The first-order valence-electron chi connectivity index (χ1n) is 14.4. The SMILES string of the molecule is CCC(c1nc2ccccc2c(=O)n1-c1ccccc1OC)N(Cc1ccccc1)C(=O)Nc1cc(C(F)(F)F)cc(C(F)(F)F)c1. The van der Waals surface area contributed by atoms with Gasteiger partial charge in [0.15, 0.2) is 0 Å². The van der Waals surface area contributed by atoms with Gasteiger partial charge in [0.05, 0.1) is 40.9 Å². The number of fused-ring (bicyclic) bond motifs is 1. The summed E-state index contributed by atoms with van der Waals surface area (Å²) >= 11 is 0. The van der Waals surface area contributed by atoms with Gasteiger partial charge in [-0.25, -0.2) is 9.78 Å². The average molecular weight is 655 g/mol. The van der Waals surface area contributed by atoms with Gasteiger partial charge in [-0.15, -0.1) is 0 Å². The minimum absolute atomic E-state index is 0.0167. The molecule has 0 bridgehead atoms. The van der Waals surface area contributed by atoms with E-state index < -0.39 is 46.8 Å². The summed E-state index contributed by atoms with van der Waals surface area (Å²) in [5.74, 6) is 0.428. The molecule has 0 fully saturated rings. The van der Waals surface area contributed by atoms with Crippen LogP contribution in [0.3, 0.4) is 0 Å². The minimum atomic E-state index is -5.11. The molecular weight excluding hydrogens is 626 g/mol. The summed E-state index contributed by atoms with van der Waals surface area (Å²) in [6, 6.07) is 20.7. The largest absolute Gasteiger partial charge is 0.495 e. The molecule has 5 aromatic rings. The minimum Gasteiger partial charge on any atom is -0.495 e. The van der Waals surface area contributed by atoms with E-state index in [-0.39, 0.29) is 30.2 Å². The number of alkyl halides is 6. The lowest BCUT2D eigenvalue weighted by Gasteiger charge is -2.33. The second-order valence-electron chi connectivity index (χ2n) is 10.6. The van der Waals surface area contributed by atoms with Crippen LogP contribution >= 0.6 is 0 Å². The van der Waals surface area contributed by atoms with Gasteiger partial charge in [-0.3, -0.25) is 9.36 Å². The van der Waals surface area contributed by atoms with Gasteiger partial charge in [0, 0.05) is 12.2 Å². The van der Waals surface area contributed by atoms with Crippen molar-refractivity contribution in [2.45, 2.75) is 38.3 Å². The molecular formula is C34H28F6N4O3. The third-order valence-corrected chi connectivity index (χ3v) is 7.48. The molecule has 1 unspecified atom stereocenters. The number of methoxy groups -OCH3 is 1. The first-order valence-corrected chi connectivity index (χ1v) is 14.4. The number of rotatable bonds is 8. The van der Waals surface area contributed by atoms with Gasteiger partial charge in [-0.2, -0.15) is 26.3 Å². The van der Waals surface area contributed by atoms with Crippen LogP contribution in [0.5, 0.6) is 5.75 Å². The van der Waals surface area contributed by atoms with E-state index in [1.54, 1.807) is 85.8 Å². The summed E-state index contributed by atoms with van der Waals surface area (Å²) in [4.78, 5) is 34.1. The Bertz CT molecular complexity index is 1930. The van der Waals surface area contributed by atoms with Crippen molar-refractivity contribution < 1.29 is 35.9 Å². The maximum Gasteiger partial charge on any atom is 0.416 e. The molecule has 5 rings (SSSR count). The van der Waals surface area contributed by atoms with Gasteiger partial charge in [-0.1, -0.05) is 61.5 Å². The molecule has 4 aromatic carbocycles. The molecule has 1 aromatic heterocycles. The molecule has 0 aliphatic heterocycles. The number of urea groups is 1. The van der Waals surface area contributed by atoms with Crippen LogP contribution in [0.2, 0.25) is 0 Å². The van der Waals surface area contributed by atoms with Crippen molar-refractivity contribution in [2.75, 3.05) is 12.4 Å². The number of amides is 2. The molecule has 47 heavy (non-hydrogen) atoms. The first kappa shape index (κ1) is 33.0. The molecule has 0 spiro atoms. The predicted molar refractivity (Wildman–Crippen MR) is 164 cm³/mol. The Morgan fingerprint density at radius 1 is 0.872 bits per heavy atom. The monoisotopic (exact) mass is 654 g/mol. The Labute approximate surface area is 265 Å². The highest BCUT2D eigenvalue weighted by Crippen LogP contribution is 2.38. The predicted octanol–water partition coefficient (Wildman–Crippen LogP) is 8.62. The second-order valence-corrected chi connectivity index (χ2v) is 10.6. The fourth-order valence-corrected chi connectivity index (χ4v) is 5.29. The van der Waals surface area contributed by atoms with Crippen LogP contribution in [0.25, 0.3) is 16.6 Å². The molecule has 0 saturated carbocycles. The quantitative estimate of drug-likeness (QED) is 0.170. The zero-order chi connectivity index (χ0) is 33.9. The van der Waals surface area contributed by atoms with Crippen LogP contribution in [0.15, 0.2) is 102 Å². The zero-order valence-corrected chi connectivity index (χ0v) is 25.1. The Kier molecular flexibility index (Phi) is 9.27. The van der Waals surface area contributed by atoms with Gasteiger partial charge in [0.2, 0.25) is 0 Å². The number of halogens is 6. The average Bonchev–Trinajstić information content (AvgIpc) is 3.04. The summed E-state index contributed by atoms with van der Waals surface area (Å²) in [7, 11) is 1.43. The van der Waals surface area contributed by atoms with Crippen molar-refractivity contribution in [3.8, 4) is 11.4 Å². The van der Waals surface area contributed by atoms with E-state index in [4.69, 9.17) is 9.72 Å². The number of carbonyl (C=O) groups is 1. The molecule has 7 nitrogen and oxygen atoms in total. The molecule has 1 N–H and O–H groups in total. The van der Waals surface area contributed by atoms with Gasteiger partial charge in [-0.05, 0) is 54.4 Å². The summed E-state index contributed by atoms with van der Waals surface area (Å²) in [6.07, 6.45) is -10.1. The van der Waals surface area contributed by atoms with E-state index in [2.05, 4.69) is 5.32 Å². The van der Waals surface area contributed by atoms with E-state index in [0.29, 0.717) is 34.6 Å². The van der Waals surface area contributed by atoms with Crippen LogP contribution in [0, 0.1) is 0 Å². The molecule has 244 valence electrons. The standard InChI is InChI=1S/C34H28F6N4O3/c1-3-27(30-42-26-14-8-7-13-25(26)31(45)44(30)28-15-9-10-16-29(28)47-2)43(20-21-11-5-4-6-12-21)32(46)41-24-18-22(33(35,36)37)17-23(19-24)34(38,39)40/h4-19,27H,3,20H2,1-2H3,(H,41,46). The van der Waals surface area contributed by atoms with Crippen LogP contribution in [-0.4, -0.2) is 27.6 Å². The van der Waals surface area contributed by atoms with Crippen LogP contribution in [-0.2, 0) is 18.9 Å². The summed E-state index contributed by atoms with van der Waals surface area (Å²) in [5.41, 5.74) is -3.09. The number of ether oxygens (including phenoxy) is 1. The maximum absolute atomic E-state index is 14.1. The molecule has 1 heterocycles. The number of aromatic nitrogens is 2. The molecule has 13 heteroatoms. The number of nitrogens with one attached hydrogen (secondary N) is 1.